The van der Waals surface area contributed by atoms with E-state index in [1.807, 2.05) is 36.4 Å². The molecule has 1 aliphatic heterocycles. The third-order valence-electron chi connectivity index (χ3n) is 6.41. The SMILES string of the molecule is O=C1[C@H]2[C@H](C(=O)N1/N=C\c1cc(I)c(OCc3ccccc3Cl)c(I)c1)[C@@H]1C=C[C@@H]2CC1. The second kappa shape index (κ2) is 9.06. The number of carbonyl (C=O) groups excluding carboxylic acids is 2. The second-order valence-corrected chi connectivity index (χ2v) is 11.0. The Hall–Kier alpha value is -1.46. The van der Waals surface area contributed by atoms with Crippen molar-refractivity contribution in [3.8, 4) is 5.75 Å². The van der Waals surface area contributed by atoms with Crippen LogP contribution in [0.2, 0.25) is 5.02 Å². The third kappa shape index (κ3) is 4.00. The van der Waals surface area contributed by atoms with Gasteiger partial charge in [-0.25, -0.2) is 0 Å². The van der Waals surface area contributed by atoms with Crippen LogP contribution in [0, 0.1) is 30.8 Å². The van der Waals surface area contributed by atoms with Crippen molar-refractivity contribution < 1.29 is 14.3 Å². The molecule has 3 aliphatic carbocycles. The number of allylic oxidation sites excluding steroid dienone is 2. The predicted molar refractivity (Wildman–Crippen MR) is 139 cm³/mol. The highest BCUT2D eigenvalue weighted by molar-refractivity contribution is 14.1. The summed E-state index contributed by atoms with van der Waals surface area (Å²) >= 11 is 10.7. The predicted octanol–water partition coefficient (Wildman–Crippen LogP) is 5.66. The smallest absolute Gasteiger partial charge is 0.254 e. The van der Waals surface area contributed by atoms with E-state index >= 15 is 0 Å². The van der Waals surface area contributed by atoms with Gasteiger partial charge in [-0.05, 0) is 93.6 Å². The molecule has 8 heteroatoms. The van der Waals surface area contributed by atoms with Crippen LogP contribution in [-0.2, 0) is 16.2 Å². The van der Waals surface area contributed by atoms with Crippen molar-refractivity contribution in [3.63, 3.8) is 0 Å². The minimum absolute atomic E-state index is 0.165. The number of nitrogens with zero attached hydrogens (tertiary/aromatic N) is 2. The van der Waals surface area contributed by atoms with Gasteiger partial charge >= 0.3 is 0 Å². The lowest BCUT2D eigenvalue weighted by Gasteiger charge is -2.37. The summed E-state index contributed by atoms with van der Waals surface area (Å²) in [5.41, 5.74) is 1.72. The zero-order chi connectivity index (χ0) is 22.4. The van der Waals surface area contributed by atoms with Crippen LogP contribution in [0.3, 0.4) is 0 Å². The highest BCUT2D eigenvalue weighted by Crippen LogP contribution is 2.49. The molecule has 2 bridgehead atoms. The Labute approximate surface area is 218 Å². The Balaban J connectivity index is 1.32. The maximum atomic E-state index is 12.9. The van der Waals surface area contributed by atoms with Crippen molar-refractivity contribution in [1.29, 1.82) is 0 Å². The minimum Gasteiger partial charge on any atom is -0.487 e. The highest BCUT2D eigenvalue weighted by Gasteiger charge is 2.56. The van der Waals surface area contributed by atoms with Crippen LogP contribution in [0.25, 0.3) is 0 Å². The molecule has 164 valence electrons. The van der Waals surface area contributed by atoms with Crippen molar-refractivity contribution in [2.75, 3.05) is 0 Å². The quantitative estimate of drug-likeness (QED) is 0.179. The fourth-order valence-corrected chi connectivity index (χ4v) is 7.17. The average Bonchev–Trinajstić information content (AvgIpc) is 3.05. The number of imide groups is 1. The first-order valence-electron chi connectivity index (χ1n) is 10.4. The maximum Gasteiger partial charge on any atom is 0.254 e. The van der Waals surface area contributed by atoms with Crippen LogP contribution in [0.5, 0.6) is 5.75 Å². The van der Waals surface area contributed by atoms with Gasteiger partial charge in [0.25, 0.3) is 11.8 Å². The molecule has 0 unspecified atom stereocenters. The summed E-state index contributed by atoms with van der Waals surface area (Å²) in [6.07, 6.45) is 7.76. The lowest BCUT2D eigenvalue weighted by molar-refractivity contribution is -0.140. The van der Waals surface area contributed by atoms with E-state index < -0.39 is 0 Å². The number of benzene rings is 2. The molecular weight excluding hydrogens is 654 g/mol. The first-order valence-corrected chi connectivity index (χ1v) is 12.9. The van der Waals surface area contributed by atoms with Crippen LogP contribution >= 0.6 is 56.8 Å². The molecule has 1 saturated heterocycles. The number of fused-ring (bicyclic) bond motifs is 1. The zero-order valence-electron chi connectivity index (χ0n) is 16.9. The Morgan fingerprint density at radius 2 is 1.62 bits per heavy atom. The molecule has 0 N–H and O–H groups in total. The Morgan fingerprint density at radius 1 is 1.03 bits per heavy atom. The largest absolute Gasteiger partial charge is 0.487 e. The fourth-order valence-electron chi connectivity index (χ4n) is 4.85. The standard InChI is InChI=1S/C24H19ClI2N2O3/c25-17-4-2-1-3-16(17)12-32-22-18(26)9-13(10-19(22)27)11-28-29-23(30)20-14-5-6-15(8-7-14)21(20)24(29)31/h1-6,9-11,14-15,20-21H,7-8,12H2/b28-11-/t14-,15-,20-,21-/m1/s1. The van der Waals surface area contributed by atoms with Crippen LogP contribution in [0.4, 0.5) is 0 Å². The molecule has 6 rings (SSSR count). The van der Waals surface area contributed by atoms with Crippen molar-refractivity contribution in [1.82, 2.24) is 5.01 Å². The molecule has 1 heterocycles. The number of hydrogen-bond donors (Lipinski definition) is 0. The van der Waals surface area contributed by atoms with Gasteiger partial charge in [0, 0.05) is 10.6 Å². The molecule has 2 aromatic rings. The molecule has 32 heavy (non-hydrogen) atoms. The summed E-state index contributed by atoms with van der Waals surface area (Å²) in [6.45, 7) is 0.370. The average molecular weight is 673 g/mol. The van der Waals surface area contributed by atoms with E-state index in [0.717, 1.165) is 41.9 Å². The van der Waals surface area contributed by atoms with Crippen molar-refractivity contribution in [3.05, 3.63) is 71.8 Å². The Bertz CT molecular complexity index is 1110. The first-order chi connectivity index (χ1) is 15.4. The summed E-state index contributed by atoms with van der Waals surface area (Å²) in [6, 6.07) is 11.5. The number of ether oxygens (including phenoxy) is 1. The highest BCUT2D eigenvalue weighted by atomic mass is 127. The van der Waals surface area contributed by atoms with Gasteiger partial charge in [0.15, 0.2) is 0 Å². The number of amides is 2. The number of rotatable bonds is 5. The van der Waals surface area contributed by atoms with Crippen molar-refractivity contribution in [2.45, 2.75) is 19.4 Å². The van der Waals surface area contributed by atoms with E-state index in [0.29, 0.717) is 11.6 Å². The minimum atomic E-state index is -0.246. The van der Waals surface area contributed by atoms with E-state index in [1.54, 1.807) is 6.21 Å². The summed E-state index contributed by atoms with van der Waals surface area (Å²) in [4.78, 5) is 25.8. The fraction of sp³-hybridized carbons (Fsp3) is 0.292. The van der Waals surface area contributed by atoms with Crippen LogP contribution in [0.1, 0.15) is 24.0 Å². The van der Waals surface area contributed by atoms with Gasteiger partial charge < -0.3 is 4.74 Å². The molecule has 4 aliphatic rings. The van der Waals surface area contributed by atoms with Gasteiger partial charge in [0.2, 0.25) is 0 Å². The van der Waals surface area contributed by atoms with Crippen LogP contribution in [0.15, 0.2) is 53.7 Å². The number of hydrazone groups is 1. The Morgan fingerprint density at radius 3 is 2.19 bits per heavy atom. The van der Waals surface area contributed by atoms with Gasteiger partial charge in [0.05, 0.1) is 25.2 Å². The third-order valence-corrected chi connectivity index (χ3v) is 8.38. The lowest BCUT2D eigenvalue weighted by Crippen LogP contribution is -2.38. The number of halogens is 3. The molecule has 0 spiro atoms. The first kappa shape index (κ1) is 22.3. The van der Waals surface area contributed by atoms with E-state index in [-0.39, 0.29) is 35.5 Å². The van der Waals surface area contributed by atoms with Gasteiger partial charge in [0.1, 0.15) is 12.4 Å². The van der Waals surface area contributed by atoms with E-state index in [1.165, 1.54) is 0 Å². The summed E-state index contributed by atoms with van der Waals surface area (Å²) in [5.74, 6) is 0.272. The lowest BCUT2D eigenvalue weighted by atomic mass is 9.63. The van der Waals surface area contributed by atoms with Crippen molar-refractivity contribution >= 4 is 74.8 Å². The molecule has 2 amide bonds. The molecule has 0 radical (unpaired) electrons. The number of carbonyl (C=O) groups is 2. The summed E-state index contributed by atoms with van der Waals surface area (Å²) in [7, 11) is 0. The van der Waals surface area contributed by atoms with E-state index in [9.17, 15) is 9.59 Å². The van der Waals surface area contributed by atoms with Gasteiger partial charge in [-0.15, -0.1) is 0 Å². The Kier molecular flexibility index (Phi) is 6.32. The molecule has 1 saturated carbocycles. The number of hydrogen-bond acceptors (Lipinski definition) is 4. The van der Waals surface area contributed by atoms with Crippen molar-refractivity contribution in [2.24, 2.45) is 28.8 Å². The molecule has 2 fully saturated rings. The topological polar surface area (TPSA) is 59.0 Å². The molecule has 5 nitrogen and oxygen atoms in total. The molecule has 4 atom stereocenters. The van der Waals surface area contributed by atoms with Gasteiger partial charge in [-0.3, -0.25) is 9.59 Å². The molecular formula is C24H19ClI2N2O3. The molecule has 2 aromatic carbocycles. The summed E-state index contributed by atoms with van der Waals surface area (Å²) < 4.78 is 7.86. The normalized spacial score (nSPS) is 26.3. The van der Waals surface area contributed by atoms with Gasteiger partial charge in [-0.2, -0.15) is 10.1 Å². The van der Waals surface area contributed by atoms with E-state index in [4.69, 9.17) is 16.3 Å². The summed E-state index contributed by atoms with van der Waals surface area (Å²) in [5, 5.41) is 6.07. The molecule has 0 aromatic heterocycles. The second-order valence-electron chi connectivity index (χ2n) is 8.27. The van der Waals surface area contributed by atoms with Crippen LogP contribution < -0.4 is 4.74 Å². The van der Waals surface area contributed by atoms with Crippen LogP contribution in [-0.4, -0.2) is 23.0 Å². The van der Waals surface area contributed by atoms with Gasteiger partial charge in [-0.1, -0.05) is 42.0 Å². The zero-order valence-corrected chi connectivity index (χ0v) is 22.0. The maximum absolute atomic E-state index is 12.9. The van der Waals surface area contributed by atoms with E-state index in [2.05, 4.69) is 62.4 Å². The monoisotopic (exact) mass is 672 g/mol.